The van der Waals surface area contributed by atoms with E-state index in [1.54, 1.807) is 7.11 Å². The van der Waals surface area contributed by atoms with Gasteiger partial charge in [0.15, 0.2) is 0 Å². The van der Waals surface area contributed by atoms with E-state index in [2.05, 4.69) is 37.9 Å². The molecule has 0 bridgehead atoms. The Kier molecular flexibility index (Phi) is 8.27. The summed E-state index contributed by atoms with van der Waals surface area (Å²) in [4.78, 5) is 25.0. The molecule has 0 aliphatic carbocycles. The van der Waals surface area contributed by atoms with Crippen LogP contribution in [0.15, 0.2) is 42.5 Å². The van der Waals surface area contributed by atoms with Gasteiger partial charge in [0, 0.05) is 49.9 Å². The van der Waals surface area contributed by atoms with E-state index in [1.165, 1.54) is 0 Å². The van der Waals surface area contributed by atoms with Gasteiger partial charge in [-0.15, -0.1) is 0 Å². The number of aromatic nitrogens is 2. The van der Waals surface area contributed by atoms with Gasteiger partial charge < -0.3 is 35.6 Å². The number of carbonyl (C=O) groups is 1. The summed E-state index contributed by atoms with van der Waals surface area (Å²) in [6.45, 7) is 3.16. The molecule has 1 aromatic heterocycles. The summed E-state index contributed by atoms with van der Waals surface area (Å²) in [7, 11) is 5.79. The molecule has 4 rings (SSSR count). The van der Waals surface area contributed by atoms with Crippen LogP contribution in [-0.4, -0.2) is 74.6 Å². The SMILES string of the molecule is COc1cccc(N(C)C)c1CN(c1nc(NCCNC(=O)O)nc2ccccc12)C1CCNCC1. The molecular weight excluding hydrogens is 458 g/mol. The summed E-state index contributed by atoms with van der Waals surface area (Å²) in [6.07, 6.45) is 0.939. The molecule has 1 aliphatic heterocycles. The summed E-state index contributed by atoms with van der Waals surface area (Å²) in [5.74, 6) is 2.18. The number of amides is 1. The zero-order chi connectivity index (χ0) is 25.5. The second-order valence-corrected chi connectivity index (χ2v) is 9.01. The standard InChI is InChI=1S/C26H35N7O3/c1-32(2)22-9-6-10-23(36-3)20(22)17-33(18-11-13-27-14-12-18)24-19-7-4-5-8-21(19)30-25(31-24)28-15-16-29-26(34)35/h4-10,18,27,29H,11-17H2,1-3H3,(H,34,35)(H,28,30,31). The van der Waals surface area contributed by atoms with Gasteiger partial charge in [-0.3, -0.25) is 0 Å². The Bertz CT molecular complexity index is 1180. The largest absolute Gasteiger partial charge is 0.496 e. The number of anilines is 3. The molecule has 192 valence electrons. The predicted octanol–water partition coefficient (Wildman–Crippen LogP) is 3.14. The van der Waals surface area contributed by atoms with Crippen LogP contribution in [0.4, 0.5) is 22.2 Å². The summed E-state index contributed by atoms with van der Waals surface area (Å²) in [5, 5.41) is 18.9. The van der Waals surface area contributed by atoms with Crippen LogP contribution in [0.25, 0.3) is 10.9 Å². The lowest BCUT2D eigenvalue weighted by Gasteiger charge is -2.37. The number of fused-ring (bicyclic) bond motifs is 1. The van der Waals surface area contributed by atoms with E-state index in [9.17, 15) is 4.79 Å². The highest BCUT2D eigenvalue weighted by Crippen LogP contribution is 2.35. The van der Waals surface area contributed by atoms with Gasteiger partial charge in [-0.2, -0.15) is 4.98 Å². The van der Waals surface area contributed by atoms with Crippen LogP contribution >= 0.6 is 0 Å². The third-order valence-electron chi connectivity index (χ3n) is 6.43. The molecule has 2 heterocycles. The van der Waals surface area contributed by atoms with Crippen LogP contribution in [0, 0.1) is 0 Å². The first kappa shape index (κ1) is 25.3. The highest BCUT2D eigenvalue weighted by molar-refractivity contribution is 5.90. The Morgan fingerprint density at radius 1 is 1.11 bits per heavy atom. The molecule has 2 aromatic carbocycles. The molecule has 0 unspecified atom stereocenters. The lowest BCUT2D eigenvalue weighted by molar-refractivity contribution is 0.195. The van der Waals surface area contributed by atoms with E-state index in [0.717, 1.165) is 59.7 Å². The number of piperidine rings is 1. The fourth-order valence-electron chi connectivity index (χ4n) is 4.69. The highest BCUT2D eigenvalue weighted by Gasteiger charge is 2.27. The number of carboxylic acid groups (broad SMARTS) is 1. The van der Waals surface area contributed by atoms with Crippen molar-refractivity contribution in [2.75, 3.05) is 62.5 Å². The number of methoxy groups -OCH3 is 1. The van der Waals surface area contributed by atoms with Crippen molar-refractivity contribution in [3.63, 3.8) is 0 Å². The van der Waals surface area contributed by atoms with Gasteiger partial charge in [0.2, 0.25) is 5.95 Å². The molecule has 1 fully saturated rings. The molecule has 4 N–H and O–H groups in total. The van der Waals surface area contributed by atoms with Gasteiger partial charge in [0.05, 0.1) is 19.2 Å². The third-order valence-corrected chi connectivity index (χ3v) is 6.43. The zero-order valence-corrected chi connectivity index (χ0v) is 21.1. The summed E-state index contributed by atoms with van der Waals surface area (Å²) in [6, 6.07) is 14.4. The van der Waals surface area contributed by atoms with Crippen LogP contribution < -0.4 is 30.5 Å². The van der Waals surface area contributed by atoms with Crippen LogP contribution in [0.3, 0.4) is 0 Å². The summed E-state index contributed by atoms with van der Waals surface area (Å²) < 4.78 is 5.79. The molecule has 10 heteroatoms. The number of hydrogen-bond donors (Lipinski definition) is 4. The average molecular weight is 494 g/mol. The Morgan fingerprint density at radius 3 is 2.61 bits per heavy atom. The van der Waals surface area contributed by atoms with Gasteiger partial charge in [0.1, 0.15) is 11.6 Å². The maximum Gasteiger partial charge on any atom is 0.404 e. The second-order valence-electron chi connectivity index (χ2n) is 9.01. The van der Waals surface area contributed by atoms with E-state index >= 15 is 0 Å². The Hall–Kier alpha value is -3.79. The van der Waals surface area contributed by atoms with Crippen molar-refractivity contribution in [3.8, 4) is 5.75 Å². The van der Waals surface area contributed by atoms with Crippen molar-refractivity contribution in [1.82, 2.24) is 20.6 Å². The second kappa shape index (κ2) is 11.8. The molecular formula is C26H35N7O3. The van der Waals surface area contributed by atoms with Gasteiger partial charge >= 0.3 is 6.09 Å². The topological polar surface area (TPSA) is 115 Å². The fraction of sp³-hybridized carbons (Fsp3) is 0.423. The van der Waals surface area contributed by atoms with Crippen LogP contribution in [0.1, 0.15) is 18.4 Å². The molecule has 10 nitrogen and oxygen atoms in total. The maximum atomic E-state index is 10.8. The maximum absolute atomic E-state index is 10.8. The van der Waals surface area contributed by atoms with E-state index in [4.69, 9.17) is 19.8 Å². The van der Waals surface area contributed by atoms with E-state index < -0.39 is 6.09 Å². The highest BCUT2D eigenvalue weighted by atomic mass is 16.5. The first-order chi connectivity index (χ1) is 17.5. The van der Waals surface area contributed by atoms with Gasteiger partial charge in [-0.25, -0.2) is 9.78 Å². The monoisotopic (exact) mass is 493 g/mol. The van der Waals surface area contributed by atoms with E-state index in [-0.39, 0.29) is 12.6 Å². The van der Waals surface area contributed by atoms with Crippen molar-refractivity contribution in [1.29, 1.82) is 0 Å². The van der Waals surface area contributed by atoms with Crippen LogP contribution in [0.2, 0.25) is 0 Å². The van der Waals surface area contributed by atoms with Gasteiger partial charge in [0.25, 0.3) is 0 Å². The number of para-hydroxylation sites is 1. The Morgan fingerprint density at radius 2 is 1.89 bits per heavy atom. The first-order valence-corrected chi connectivity index (χ1v) is 12.3. The Labute approximate surface area is 211 Å². The number of rotatable bonds is 10. The number of ether oxygens (including phenoxy) is 1. The quantitative estimate of drug-likeness (QED) is 0.316. The van der Waals surface area contributed by atoms with Crippen molar-refractivity contribution in [2.24, 2.45) is 0 Å². The normalized spacial score (nSPS) is 13.9. The van der Waals surface area contributed by atoms with Gasteiger partial charge in [-0.1, -0.05) is 18.2 Å². The first-order valence-electron chi connectivity index (χ1n) is 12.3. The van der Waals surface area contributed by atoms with Crippen LogP contribution in [0.5, 0.6) is 5.75 Å². The lowest BCUT2D eigenvalue weighted by Crippen LogP contribution is -2.43. The zero-order valence-electron chi connectivity index (χ0n) is 21.1. The van der Waals surface area contributed by atoms with Crippen molar-refractivity contribution in [3.05, 3.63) is 48.0 Å². The fourth-order valence-corrected chi connectivity index (χ4v) is 4.69. The molecule has 1 amide bonds. The molecule has 36 heavy (non-hydrogen) atoms. The van der Waals surface area contributed by atoms with E-state index in [0.29, 0.717) is 19.0 Å². The molecule has 1 saturated heterocycles. The summed E-state index contributed by atoms with van der Waals surface area (Å²) >= 11 is 0. The molecule has 0 spiro atoms. The van der Waals surface area contributed by atoms with Gasteiger partial charge in [-0.05, 0) is 50.2 Å². The molecule has 0 atom stereocenters. The molecule has 0 radical (unpaired) electrons. The number of hydrogen-bond acceptors (Lipinski definition) is 8. The van der Waals surface area contributed by atoms with E-state index in [1.807, 2.05) is 44.4 Å². The third kappa shape index (κ3) is 5.88. The lowest BCUT2D eigenvalue weighted by atomic mass is 10.0. The number of benzene rings is 2. The van der Waals surface area contributed by atoms with Crippen molar-refractivity contribution in [2.45, 2.75) is 25.4 Å². The van der Waals surface area contributed by atoms with Crippen LogP contribution in [-0.2, 0) is 6.54 Å². The average Bonchev–Trinajstić information content (AvgIpc) is 2.89. The van der Waals surface area contributed by atoms with Crippen molar-refractivity contribution < 1.29 is 14.6 Å². The predicted molar refractivity (Wildman–Crippen MR) is 143 cm³/mol. The minimum Gasteiger partial charge on any atom is -0.496 e. The molecule has 0 saturated carbocycles. The number of nitrogens with zero attached hydrogens (tertiary/aromatic N) is 4. The minimum absolute atomic E-state index is 0.256. The van der Waals surface area contributed by atoms with Crippen molar-refractivity contribution >= 4 is 34.4 Å². The number of nitrogens with one attached hydrogen (secondary N) is 3. The minimum atomic E-state index is -1.05. The smallest absolute Gasteiger partial charge is 0.404 e. The summed E-state index contributed by atoms with van der Waals surface area (Å²) in [5.41, 5.74) is 3.04. The molecule has 3 aromatic rings. The molecule has 1 aliphatic rings. The Balaban J connectivity index is 1.78.